The average molecular weight is 433 g/mol. The zero-order valence-corrected chi connectivity index (χ0v) is 16.9. The summed E-state index contributed by atoms with van der Waals surface area (Å²) in [6, 6.07) is 14.8. The lowest BCUT2D eigenvalue weighted by atomic mass is 9.98. The van der Waals surface area contributed by atoms with Crippen LogP contribution in [0.5, 0.6) is 0 Å². The zero-order valence-electron chi connectivity index (χ0n) is 16.9. The molecule has 32 heavy (non-hydrogen) atoms. The molecule has 0 aliphatic carbocycles. The summed E-state index contributed by atoms with van der Waals surface area (Å²) in [6.45, 7) is 1.38. The van der Waals surface area contributed by atoms with E-state index >= 15 is 0 Å². The van der Waals surface area contributed by atoms with Crippen molar-refractivity contribution in [2.45, 2.75) is 18.9 Å². The molecule has 0 bridgehead atoms. The van der Waals surface area contributed by atoms with Gasteiger partial charge in [0.25, 0.3) is 11.5 Å². The Balaban J connectivity index is 1.60. The molecule has 4 aromatic rings. The van der Waals surface area contributed by atoms with Crippen molar-refractivity contribution < 1.29 is 18.7 Å². The smallest absolute Gasteiger partial charge is 0.272 e. The largest absolute Gasteiger partial charge is 0.375 e. The molecule has 0 saturated heterocycles. The number of halogens is 2. The Morgan fingerprint density at radius 1 is 1.00 bits per heavy atom. The third kappa shape index (κ3) is 2.99. The summed E-state index contributed by atoms with van der Waals surface area (Å²) >= 11 is 0. The number of benzene rings is 3. The summed E-state index contributed by atoms with van der Waals surface area (Å²) in [7, 11) is 0. The number of nitrogens with one attached hydrogen (secondary N) is 1. The van der Waals surface area contributed by atoms with E-state index in [1.54, 1.807) is 30.3 Å². The van der Waals surface area contributed by atoms with E-state index in [-0.39, 0.29) is 17.5 Å². The first-order valence-corrected chi connectivity index (χ1v) is 9.89. The number of hydrogen-bond acceptors (Lipinski definition) is 4. The molecule has 0 fully saturated rings. The summed E-state index contributed by atoms with van der Waals surface area (Å²) in [6.07, 6.45) is 0.201. The molecule has 5 rings (SSSR count). The second-order valence-corrected chi connectivity index (χ2v) is 7.88. The quantitative estimate of drug-likeness (QED) is 0.516. The molecule has 0 radical (unpaired) electrons. The molecule has 1 aromatic heterocycles. The van der Waals surface area contributed by atoms with Gasteiger partial charge in [-0.1, -0.05) is 24.3 Å². The predicted octanol–water partition coefficient (Wildman–Crippen LogP) is 3.68. The van der Waals surface area contributed by atoms with Gasteiger partial charge < -0.3 is 5.11 Å². The minimum Gasteiger partial charge on any atom is -0.375 e. The number of nitrogens with zero attached hydrogens (tertiary/aromatic N) is 2. The van der Waals surface area contributed by atoms with Crippen LogP contribution < -0.4 is 10.5 Å². The number of aliphatic hydroxyl groups is 1. The summed E-state index contributed by atoms with van der Waals surface area (Å²) in [4.78, 5) is 26.2. The Hall–Kier alpha value is -3.91. The Morgan fingerprint density at radius 2 is 1.78 bits per heavy atom. The third-order valence-corrected chi connectivity index (χ3v) is 5.74. The summed E-state index contributed by atoms with van der Waals surface area (Å²) in [5.41, 5.74) is -0.408. The maximum Gasteiger partial charge on any atom is 0.272 e. The first-order chi connectivity index (χ1) is 15.3. The van der Waals surface area contributed by atoms with Crippen LogP contribution in [0.3, 0.4) is 0 Å². The molecular formula is C24H17F2N3O3. The lowest BCUT2D eigenvalue weighted by Crippen LogP contribution is -2.35. The highest BCUT2D eigenvalue weighted by molar-refractivity contribution is 6.11. The Kier molecular flexibility index (Phi) is 4.42. The molecule has 1 aliphatic rings. The fraction of sp³-hybridized carbons (Fsp3) is 0.125. The van der Waals surface area contributed by atoms with E-state index < -0.39 is 28.7 Å². The minimum atomic E-state index is -1.78. The number of para-hydroxylation sites is 1. The zero-order chi connectivity index (χ0) is 22.6. The van der Waals surface area contributed by atoms with Crippen LogP contribution in [0.4, 0.5) is 20.2 Å². The van der Waals surface area contributed by atoms with Crippen molar-refractivity contribution in [3.05, 3.63) is 99.5 Å². The van der Waals surface area contributed by atoms with E-state index in [9.17, 15) is 23.5 Å². The summed E-state index contributed by atoms with van der Waals surface area (Å²) in [5.74, 6) is -1.82. The molecule has 1 atom stereocenters. The SMILES string of the molecule is CC1(O)C(=O)N(c2cc(Cc3n[nH]c(=O)c4cc(F)ccc34)ccc2F)c2ccccc21. The van der Waals surface area contributed by atoms with Gasteiger partial charge in [-0.3, -0.25) is 14.5 Å². The molecule has 1 unspecified atom stereocenters. The molecule has 0 spiro atoms. The van der Waals surface area contributed by atoms with Crippen molar-refractivity contribution in [3.8, 4) is 0 Å². The topological polar surface area (TPSA) is 86.3 Å². The van der Waals surface area contributed by atoms with E-state index in [1.807, 2.05) is 0 Å². The highest BCUT2D eigenvalue weighted by atomic mass is 19.1. The number of aromatic amines is 1. The molecular weight excluding hydrogens is 416 g/mol. The maximum absolute atomic E-state index is 14.8. The van der Waals surface area contributed by atoms with Crippen LogP contribution in [0.15, 0.2) is 65.5 Å². The van der Waals surface area contributed by atoms with Gasteiger partial charge in [0.2, 0.25) is 0 Å². The normalized spacial score (nSPS) is 17.8. The number of carbonyl (C=O) groups excluding carboxylic acids is 1. The van der Waals surface area contributed by atoms with E-state index in [0.29, 0.717) is 27.9 Å². The highest BCUT2D eigenvalue weighted by Crippen LogP contribution is 2.44. The fourth-order valence-corrected chi connectivity index (χ4v) is 4.12. The van der Waals surface area contributed by atoms with Crippen LogP contribution in [0.1, 0.15) is 23.7 Å². The van der Waals surface area contributed by atoms with Crippen molar-refractivity contribution in [1.82, 2.24) is 10.2 Å². The van der Waals surface area contributed by atoms with E-state index in [0.717, 1.165) is 6.07 Å². The van der Waals surface area contributed by atoms with E-state index in [2.05, 4.69) is 10.2 Å². The number of anilines is 2. The monoisotopic (exact) mass is 433 g/mol. The van der Waals surface area contributed by atoms with Gasteiger partial charge in [0, 0.05) is 17.4 Å². The fourth-order valence-electron chi connectivity index (χ4n) is 4.12. The van der Waals surface area contributed by atoms with Gasteiger partial charge >= 0.3 is 0 Å². The van der Waals surface area contributed by atoms with Crippen molar-refractivity contribution in [2.24, 2.45) is 0 Å². The average Bonchev–Trinajstić information content (AvgIpc) is 2.97. The first-order valence-electron chi connectivity index (χ1n) is 9.89. The van der Waals surface area contributed by atoms with Crippen LogP contribution in [-0.2, 0) is 16.8 Å². The molecule has 0 saturated carbocycles. The third-order valence-electron chi connectivity index (χ3n) is 5.74. The molecule has 160 valence electrons. The molecule has 1 amide bonds. The maximum atomic E-state index is 14.8. The van der Waals surface area contributed by atoms with Crippen molar-refractivity contribution >= 4 is 28.1 Å². The molecule has 2 N–H and O–H groups in total. The number of carbonyl (C=O) groups is 1. The number of fused-ring (bicyclic) bond motifs is 2. The lowest BCUT2D eigenvalue weighted by Gasteiger charge is -2.21. The van der Waals surface area contributed by atoms with Crippen LogP contribution in [-0.4, -0.2) is 21.2 Å². The van der Waals surface area contributed by atoms with Crippen LogP contribution in [0.25, 0.3) is 10.8 Å². The van der Waals surface area contributed by atoms with Gasteiger partial charge in [-0.05, 0) is 48.9 Å². The number of rotatable bonds is 3. The minimum absolute atomic E-state index is 0.00232. The number of amides is 1. The van der Waals surface area contributed by atoms with Gasteiger partial charge in [-0.15, -0.1) is 0 Å². The molecule has 6 nitrogen and oxygen atoms in total. The Morgan fingerprint density at radius 3 is 2.59 bits per heavy atom. The van der Waals surface area contributed by atoms with Gasteiger partial charge in [0.05, 0.1) is 22.5 Å². The number of H-pyrrole nitrogens is 1. The Labute approximate surface area is 180 Å². The van der Waals surface area contributed by atoms with Gasteiger partial charge in [-0.2, -0.15) is 5.10 Å². The van der Waals surface area contributed by atoms with Crippen LogP contribution in [0.2, 0.25) is 0 Å². The standard InChI is InChI=1S/C24H17F2N3O3/c1-24(32)17-4-2-3-5-20(17)29(23(24)31)21-11-13(6-9-18(21)26)10-19-15-8-7-14(25)12-16(15)22(30)28-27-19/h2-9,11-12,32H,10H2,1H3,(H,28,30). The number of hydrogen-bond donors (Lipinski definition) is 2. The molecule has 3 aromatic carbocycles. The van der Waals surface area contributed by atoms with Crippen molar-refractivity contribution in [3.63, 3.8) is 0 Å². The van der Waals surface area contributed by atoms with E-state index in [4.69, 9.17) is 0 Å². The second-order valence-electron chi connectivity index (χ2n) is 7.88. The van der Waals surface area contributed by atoms with Gasteiger partial charge in [0.15, 0.2) is 5.60 Å². The first kappa shape index (κ1) is 20.0. The predicted molar refractivity (Wildman–Crippen MR) is 115 cm³/mol. The summed E-state index contributed by atoms with van der Waals surface area (Å²) in [5, 5.41) is 17.8. The Bertz CT molecular complexity index is 1460. The van der Waals surface area contributed by atoms with Gasteiger partial charge in [0.1, 0.15) is 11.6 Å². The molecule has 2 heterocycles. The van der Waals surface area contributed by atoms with Gasteiger partial charge in [-0.25, -0.2) is 13.9 Å². The van der Waals surface area contributed by atoms with Crippen LogP contribution >= 0.6 is 0 Å². The highest BCUT2D eigenvalue weighted by Gasteiger charge is 2.47. The molecule has 8 heteroatoms. The number of aromatic nitrogens is 2. The lowest BCUT2D eigenvalue weighted by molar-refractivity contribution is -0.133. The second kappa shape index (κ2) is 7.06. The van der Waals surface area contributed by atoms with Crippen LogP contribution in [0, 0.1) is 11.6 Å². The van der Waals surface area contributed by atoms with Crippen molar-refractivity contribution in [2.75, 3.05) is 4.90 Å². The summed E-state index contributed by atoms with van der Waals surface area (Å²) < 4.78 is 28.4. The molecule has 1 aliphatic heterocycles. The van der Waals surface area contributed by atoms with E-state index in [1.165, 1.54) is 36.1 Å². The van der Waals surface area contributed by atoms with Crippen molar-refractivity contribution in [1.29, 1.82) is 0 Å².